The molecule has 144 valence electrons. The van der Waals surface area contributed by atoms with Gasteiger partial charge in [-0.05, 0) is 35.4 Å². The zero-order valence-corrected chi connectivity index (χ0v) is 15.4. The van der Waals surface area contributed by atoms with Crippen molar-refractivity contribution in [2.24, 2.45) is 0 Å². The van der Waals surface area contributed by atoms with E-state index in [2.05, 4.69) is 4.98 Å². The average Bonchev–Trinajstić information content (AvgIpc) is 2.99. The van der Waals surface area contributed by atoms with Crippen LogP contribution < -0.4 is 0 Å². The van der Waals surface area contributed by atoms with Gasteiger partial charge in [0.25, 0.3) is 11.7 Å². The van der Waals surface area contributed by atoms with Gasteiger partial charge in [0.05, 0.1) is 11.6 Å². The number of hydrogen-bond donors (Lipinski definition) is 2. The largest absolute Gasteiger partial charge is 0.508 e. The van der Waals surface area contributed by atoms with Crippen LogP contribution in [-0.4, -0.2) is 31.8 Å². The van der Waals surface area contributed by atoms with E-state index in [-0.39, 0.29) is 23.6 Å². The van der Waals surface area contributed by atoms with Crippen molar-refractivity contribution in [3.8, 4) is 5.75 Å². The third-order valence-electron chi connectivity index (χ3n) is 4.88. The number of carbonyl (C=O) groups is 2. The third-order valence-corrected chi connectivity index (χ3v) is 4.88. The van der Waals surface area contributed by atoms with E-state index in [1.54, 1.807) is 24.3 Å². The smallest absolute Gasteiger partial charge is 0.295 e. The van der Waals surface area contributed by atoms with Crippen molar-refractivity contribution < 1.29 is 19.8 Å². The van der Waals surface area contributed by atoms with Crippen molar-refractivity contribution in [2.45, 2.75) is 12.6 Å². The summed E-state index contributed by atoms with van der Waals surface area (Å²) in [6, 6.07) is 18.0. The van der Waals surface area contributed by atoms with Crippen molar-refractivity contribution in [3.05, 3.63) is 101 Å². The van der Waals surface area contributed by atoms with Gasteiger partial charge >= 0.3 is 0 Å². The number of aliphatic hydroxyl groups excluding tert-OH is 1. The molecule has 2 aromatic carbocycles. The summed E-state index contributed by atoms with van der Waals surface area (Å²) in [4.78, 5) is 31.1. The number of likely N-dealkylation sites (tertiary alicyclic amines) is 1. The van der Waals surface area contributed by atoms with Crippen molar-refractivity contribution in [1.29, 1.82) is 0 Å². The molecule has 1 amide bonds. The Morgan fingerprint density at radius 2 is 1.69 bits per heavy atom. The Hall–Kier alpha value is -3.93. The highest BCUT2D eigenvalue weighted by molar-refractivity contribution is 6.46. The number of phenols is 1. The molecule has 4 rings (SSSR count). The Morgan fingerprint density at radius 1 is 0.966 bits per heavy atom. The highest BCUT2D eigenvalue weighted by atomic mass is 16.3. The SMILES string of the molecule is O=C1C(=O)N(Cc2ccccc2)C(c2cccc(O)c2)C1=C(O)c1ccncc1. The average molecular weight is 386 g/mol. The monoisotopic (exact) mass is 386 g/mol. The minimum absolute atomic E-state index is 0.0108. The molecule has 0 saturated carbocycles. The van der Waals surface area contributed by atoms with Crippen LogP contribution >= 0.6 is 0 Å². The molecule has 0 bridgehead atoms. The second-order valence-electron chi connectivity index (χ2n) is 6.74. The number of rotatable bonds is 4. The zero-order chi connectivity index (χ0) is 20.4. The van der Waals surface area contributed by atoms with E-state index in [1.165, 1.54) is 29.4 Å². The topological polar surface area (TPSA) is 90.7 Å². The summed E-state index contributed by atoms with van der Waals surface area (Å²) in [5.74, 6) is -1.72. The fourth-order valence-corrected chi connectivity index (χ4v) is 3.53. The number of nitrogens with zero attached hydrogens (tertiary/aromatic N) is 2. The van der Waals surface area contributed by atoms with Crippen molar-refractivity contribution in [2.75, 3.05) is 0 Å². The Morgan fingerprint density at radius 3 is 2.38 bits per heavy atom. The van der Waals surface area contributed by atoms with Crippen LogP contribution in [-0.2, 0) is 16.1 Å². The molecule has 1 unspecified atom stereocenters. The summed E-state index contributed by atoms with van der Waals surface area (Å²) < 4.78 is 0. The van der Waals surface area contributed by atoms with Crippen LogP contribution in [0.2, 0.25) is 0 Å². The molecule has 1 atom stereocenters. The lowest BCUT2D eigenvalue weighted by Gasteiger charge is -2.25. The maximum Gasteiger partial charge on any atom is 0.295 e. The summed E-state index contributed by atoms with van der Waals surface area (Å²) in [5.41, 5.74) is 1.77. The van der Waals surface area contributed by atoms with E-state index in [0.717, 1.165) is 5.56 Å². The molecule has 1 fully saturated rings. The molecule has 1 aliphatic heterocycles. The molecule has 1 aliphatic rings. The van der Waals surface area contributed by atoms with E-state index < -0.39 is 17.7 Å². The highest BCUT2D eigenvalue weighted by Crippen LogP contribution is 2.40. The number of pyridine rings is 1. The number of carbonyl (C=O) groups excluding carboxylic acids is 2. The van der Waals surface area contributed by atoms with Gasteiger partial charge in [-0.1, -0.05) is 42.5 Å². The van der Waals surface area contributed by atoms with E-state index in [1.807, 2.05) is 30.3 Å². The van der Waals surface area contributed by atoms with Crippen LogP contribution in [0.1, 0.15) is 22.7 Å². The summed E-state index contributed by atoms with van der Waals surface area (Å²) in [5, 5.41) is 20.8. The fourth-order valence-electron chi connectivity index (χ4n) is 3.53. The molecule has 1 aromatic heterocycles. The molecule has 0 aliphatic carbocycles. The number of ketones is 1. The normalized spacial score (nSPS) is 18.2. The second-order valence-corrected chi connectivity index (χ2v) is 6.74. The van der Waals surface area contributed by atoms with Crippen LogP contribution in [0.3, 0.4) is 0 Å². The molecule has 1 saturated heterocycles. The van der Waals surface area contributed by atoms with Crippen LogP contribution in [0, 0.1) is 0 Å². The summed E-state index contributed by atoms with van der Waals surface area (Å²) in [7, 11) is 0. The van der Waals surface area contributed by atoms with Crippen LogP contribution in [0.5, 0.6) is 5.75 Å². The van der Waals surface area contributed by atoms with E-state index in [0.29, 0.717) is 11.1 Å². The first-order valence-electron chi connectivity index (χ1n) is 9.08. The Kier molecular flexibility index (Phi) is 4.83. The van der Waals surface area contributed by atoms with Crippen molar-refractivity contribution in [3.63, 3.8) is 0 Å². The van der Waals surface area contributed by atoms with Gasteiger partial charge in [0.2, 0.25) is 0 Å². The first-order valence-corrected chi connectivity index (χ1v) is 9.08. The second kappa shape index (κ2) is 7.59. The van der Waals surface area contributed by atoms with E-state index in [4.69, 9.17) is 0 Å². The first kappa shape index (κ1) is 18.4. The predicted octanol–water partition coefficient (Wildman–Crippen LogP) is 3.41. The maximum absolute atomic E-state index is 12.9. The quantitative estimate of drug-likeness (QED) is 0.407. The number of benzene rings is 2. The Labute approximate surface area is 167 Å². The molecule has 0 radical (unpaired) electrons. The lowest BCUT2D eigenvalue weighted by atomic mass is 9.95. The minimum Gasteiger partial charge on any atom is -0.508 e. The van der Waals surface area contributed by atoms with Crippen LogP contribution in [0.25, 0.3) is 5.76 Å². The number of phenolic OH excluding ortho intramolecular Hbond substituents is 1. The van der Waals surface area contributed by atoms with E-state index >= 15 is 0 Å². The number of aromatic nitrogens is 1. The molecule has 6 heteroatoms. The van der Waals surface area contributed by atoms with Gasteiger partial charge in [-0.2, -0.15) is 0 Å². The lowest BCUT2D eigenvalue weighted by Crippen LogP contribution is -2.29. The zero-order valence-electron chi connectivity index (χ0n) is 15.4. The van der Waals surface area contributed by atoms with Gasteiger partial charge < -0.3 is 15.1 Å². The van der Waals surface area contributed by atoms with Crippen molar-refractivity contribution >= 4 is 17.4 Å². The summed E-state index contributed by atoms with van der Waals surface area (Å²) >= 11 is 0. The standard InChI is InChI=1S/C23H18N2O4/c26-18-8-4-7-17(13-18)20-19(21(27)16-9-11-24-12-10-16)22(28)23(29)25(20)14-15-5-2-1-3-6-15/h1-13,20,26-27H,14H2. The summed E-state index contributed by atoms with van der Waals surface area (Å²) in [6.07, 6.45) is 3.00. The summed E-state index contributed by atoms with van der Waals surface area (Å²) in [6.45, 7) is 0.193. The Balaban J connectivity index is 1.87. The predicted molar refractivity (Wildman–Crippen MR) is 107 cm³/mol. The van der Waals surface area contributed by atoms with Gasteiger partial charge in [-0.3, -0.25) is 14.6 Å². The number of hydrogen-bond acceptors (Lipinski definition) is 5. The third kappa shape index (κ3) is 3.48. The highest BCUT2D eigenvalue weighted by Gasteiger charge is 2.46. The van der Waals surface area contributed by atoms with Gasteiger partial charge in [0.1, 0.15) is 11.5 Å². The number of amides is 1. The molecular weight excluding hydrogens is 368 g/mol. The van der Waals surface area contributed by atoms with Crippen LogP contribution in [0.4, 0.5) is 0 Å². The molecule has 6 nitrogen and oxygen atoms in total. The lowest BCUT2D eigenvalue weighted by molar-refractivity contribution is -0.140. The van der Waals surface area contributed by atoms with Gasteiger partial charge in [0.15, 0.2) is 0 Å². The molecule has 3 aromatic rings. The van der Waals surface area contributed by atoms with Gasteiger partial charge in [0, 0.05) is 24.5 Å². The number of aliphatic hydroxyl groups is 1. The molecular formula is C23H18N2O4. The molecule has 0 spiro atoms. The fraction of sp³-hybridized carbons (Fsp3) is 0.0870. The minimum atomic E-state index is -0.824. The maximum atomic E-state index is 12.9. The van der Waals surface area contributed by atoms with E-state index in [9.17, 15) is 19.8 Å². The number of Topliss-reactive ketones (excluding diaryl/α,β-unsaturated/α-hetero) is 1. The van der Waals surface area contributed by atoms with Gasteiger partial charge in [-0.15, -0.1) is 0 Å². The van der Waals surface area contributed by atoms with Gasteiger partial charge in [-0.25, -0.2) is 0 Å². The van der Waals surface area contributed by atoms with Crippen molar-refractivity contribution in [1.82, 2.24) is 9.88 Å². The molecule has 2 heterocycles. The Bertz CT molecular complexity index is 1090. The first-order chi connectivity index (χ1) is 14.1. The number of aromatic hydroxyl groups is 1. The molecule has 2 N–H and O–H groups in total. The van der Waals surface area contributed by atoms with Crippen LogP contribution in [0.15, 0.2) is 84.7 Å². The molecule has 29 heavy (non-hydrogen) atoms.